The molecule has 0 unspecified atom stereocenters. The maximum absolute atomic E-state index is 12.7. The molecule has 0 bridgehead atoms. The second-order valence-electron chi connectivity index (χ2n) is 6.57. The fourth-order valence-corrected chi connectivity index (χ4v) is 3.26. The fourth-order valence-electron chi connectivity index (χ4n) is 3.14. The third-order valence-electron chi connectivity index (χ3n) is 4.57. The van der Waals surface area contributed by atoms with E-state index >= 15 is 0 Å². The summed E-state index contributed by atoms with van der Waals surface area (Å²) in [6.07, 6.45) is 1.65. The SMILES string of the molecule is O=C(NCCO)c1cc(-c2ccccc2)nc2c1cnn2Cc1ccc(Cl)cc1. The second-order valence-corrected chi connectivity index (χ2v) is 7.00. The zero-order valence-corrected chi connectivity index (χ0v) is 16.3. The van der Waals surface area contributed by atoms with E-state index in [1.807, 2.05) is 54.6 Å². The van der Waals surface area contributed by atoms with Crippen LogP contribution >= 0.6 is 11.6 Å². The third-order valence-corrected chi connectivity index (χ3v) is 4.82. The van der Waals surface area contributed by atoms with Gasteiger partial charge < -0.3 is 10.4 Å². The molecule has 0 saturated carbocycles. The topological polar surface area (TPSA) is 80.0 Å². The lowest BCUT2D eigenvalue weighted by atomic mass is 10.1. The van der Waals surface area contributed by atoms with Crippen molar-refractivity contribution in [2.75, 3.05) is 13.2 Å². The number of aliphatic hydroxyl groups excluding tert-OH is 1. The molecule has 0 aliphatic rings. The summed E-state index contributed by atoms with van der Waals surface area (Å²) in [5.74, 6) is -0.269. The van der Waals surface area contributed by atoms with Crippen molar-refractivity contribution in [2.24, 2.45) is 0 Å². The third kappa shape index (κ3) is 4.13. The predicted molar refractivity (Wildman–Crippen MR) is 113 cm³/mol. The fraction of sp³-hybridized carbons (Fsp3) is 0.136. The van der Waals surface area contributed by atoms with Gasteiger partial charge in [0.05, 0.1) is 36.0 Å². The molecule has 0 aliphatic carbocycles. The van der Waals surface area contributed by atoms with E-state index in [1.165, 1.54) is 0 Å². The minimum absolute atomic E-state index is 0.124. The van der Waals surface area contributed by atoms with Crippen molar-refractivity contribution in [3.8, 4) is 11.3 Å². The van der Waals surface area contributed by atoms with Crippen LogP contribution in [0.25, 0.3) is 22.3 Å². The molecule has 0 saturated heterocycles. The van der Waals surface area contributed by atoms with Crippen LogP contribution < -0.4 is 5.32 Å². The molecular formula is C22H19ClN4O2. The van der Waals surface area contributed by atoms with E-state index in [0.29, 0.717) is 33.9 Å². The highest BCUT2D eigenvalue weighted by Gasteiger charge is 2.17. The molecule has 0 radical (unpaired) electrons. The van der Waals surface area contributed by atoms with Gasteiger partial charge >= 0.3 is 0 Å². The van der Waals surface area contributed by atoms with E-state index in [9.17, 15) is 4.79 Å². The van der Waals surface area contributed by atoms with Crippen LogP contribution in [0.4, 0.5) is 0 Å². The summed E-state index contributed by atoms with van der Waals surface area (Å²) in [4.78, 5) is 17.5. The van der Waals surface area contributed by atoms with Gasteiger partial charge in [-0.15, -0.1) is 0 Å². The van der Waals surface area contributed by atoms with Gasteiger partial charge in [-0.05, 0) is 23.8 Å². The quantitative estimate of drug-likeness (QED) is 0.513. The smallest absolute Gasteiger partial charge is 0.252 e. The Morgan fingerprint density at radius 2 is 1.86 bits per heavy atom. The summed E-state index contributed by atoms with van der Waals surface area (Å²) >= 11 is 5.98. The number of nitrogens with zero attached hydrogens (tertiary/aromatic N) is 3. The number of hydrogen-bond donors (Lipinski definition) is 2. The number of halogens is 1. The van der Waals surface area contributed by atoms with Gasteiger partial charge in [0.25, 0.3) is 5.91 Å². The standard InChI is InChI=1S/C22H19ClN4O2/c23-17-8-6-15(7-9-17)14-27-21-19(13-25-27)18(22(29)24-10-11-28)12-20(26-21)16-4-2-1-3-5-16/h1-9,12-13,28H,10-11,14H2,(H,24,29). The van der Waals surface area contributed by atoms with Gasteiger partial charge in [-0.25, -0.2) is 9.67 Å². The van der Waals surface area contributed by atoms with E-state index in [4.69, 9.17) is 21.7 Å². The van der Waals surface area contributed by atoms with E-state index in [0.717, 1.165) is 11.1 Å². The number of carbonyl (C=O) groups excluding carboxylic acids is 1. The Morgan fingerprint density at radius 1 is 1.10 bits per heavy atom. The number of rotatable bonds is 6. The molecule has 0 aliphatic heterocycles. The molecule has 2 aromatic heterocycles. The van der Waals surface area contributed by atoms with Crippen molar-refractivity contribution >= 4 is 28.5 Å². The molecule has 0 spiro atoms. The summed E-state index contributed by atoms with van der Waals surface area (Å²) in [6.45, 7) is 0.563. The minimum Gasteiger partial charge on any atom is -0.395 e. The number of amides is 1. The van der Waals surface area contributed by atoms with Gasteiger partial charge in [0.15, 0.2) is 5.65 Å². The van der Waals surface area contributed by atoms with Crippen LogP contribution in [0.3, 0.4) is 0 Å². The number of carbonyl (C=O) groups is 1. The van der Waals surface area contributed by atoms with Crippen LogP contribution in [0.15, 0.2) is 66.9 Å². The first-order valence-electron chi connectivity index (χ1n) is 9.21. The summed E-state index contributed by atoms with van der Waals surface area (Å²) in [6, 6.07) is 19.0. The number of pyridine rings is 1. The van der Waals surface area contributed by atoms with Gasteiger partial charge in [0.1, 0.15) is 0 Å². The Hall–Kier alpha value is -3.22. The van der Waals surface area contributed by atoms with Crippen molar-refractivity contribution < 1.29 is 9.90 Å². The molecule has 2 heterocycles. The minimum atomic E-state index is -0.269. The van der Waals surface area contributed by atoms with E-state index < -0.39 is 0 Å². The molecule has 1 amide bonds. The zero-order valence-electron chi connectivity index (χ0n) is 15.5. The lowest BCUT2D eigenvalue weighted by Crippen LogP contribution is -2.26. The summed E-state index contributed by atoms with van der Waals surface area (Å²) in [5.41, 5.74) is 3.72. The van der Waals surface area contributed by atoms with Crippen molar-refractivity contribution in [3.05, 3.63) is 83.0 Å². The summed E-state index contributed by atoms with van der Waals surface area (Å²) in [5, 5.41) is 17.6. The molecule has 0 atom stereocenters. The number of nitrogens with one attached hydrogen (secondary N) is 1. The molecule has 6 nitrogen and oxygen atoms in total. The maximum atomic E-state index is 12.7. The highest BCUT2D eigenvalue weighted by Crippen LogP contribution is 2.25. The van der Waals surface area contributed by atoms with E-state index in [1.54, 1.807) is 16.9 Å². The Kier molecular flexibility index (Phi) is 5.55. The normalized spacial score (nSPS) is 11.0. The Bertz CT molecular complexity index is 1140. The Balaban J connectivity index is 1.82. The first-order valence-corrected chi connectivity index (χ1v) is 9.59. The zero-order chi connectivity index (χ0) is 20.2. The lowest BCUT2D eigenvalue weighted by Gasteiger charge is -2.09. The number of fused-ring (bicyclic) bond motifs is 1. The van der Waals surface area contributed by atoms with Crippen molar-refractivity contribution in [1.29, 1.82) is 0 Å². The molecule has 7 heteroatoms. The van der Waals surface area contributed by atoms with Crippen LogP contribution in [-0.2, 0) is 6.54 Å². The first kappa shape index (κ1) is 19.1. The van der Waals surface area contributed by atoms with E-state index in [-0.39, 0.29) is 19.1 Å². The van der Waals surface area contributed by atoms with E-state index in [2.05, 4.69) is 10.4 Å². The van der Waals surface area contributed by atoms with Gasteiger partial charge in [0, 0.05) is 17.1 Å². The second kappa shape index (κ2) is 8.43. The Labute approximate surface area is 172 Å². The largest absolute Gasteiger partial charge is 0.395 e. The van der Waals surface area contributed by atoms with Gasteiger partial charge in [-0.2, -0.15) is 5.10 Å². The van der Waals surface area contributed by atoms with Gasteiger partial charge in [-0.3, -0.25) is 4.79 Å². The molecule has 0 fully saturated rings. The van der Waals surface area contributed by atoms with Crippen LogP contribution in [-0.4, -0.2) is 38.9 Å². The van der Waals surface area contributed by atoms with Crippen LogP contribution in [0, 0.1) is 0 Å². The Morgan fingerprint density at radius 3 is 2.59 bits per heavy atom. The highest BCUT2D eigenvalue weighted by molar-refractivity contribution is 6.30. The van der Waals surface area contributed by atoms with Crippen LogP contribution in [0.2, 0.25) is 5.02 Å². The van der Waals surface area contributed by atoms with Crippen molar-refractivity contribution in [3.63, 3.8) is 0 Å². The van der Waals surface area contributed by atoms with Crippen LogP contribution in [0.5, 0.6) is 0 Å². The average Bonchev–Trinajstić information content (AvgIpc) is 3.16. The summed E-state index contributed by atoms with van der Waals surface area (Å²) in [7, 11) is 0. The van der Waals surface area contributed by atoms with Crippen molar-refractivity contribution in [1.82, 2.24) is 20.1 Å². The molecule has 29 heavy (non-hydrogen) atoms. The molecule has 2 aromatic carbocycles. The number of aliphatic hydroxyl groups is 1. The van der Waals surface area contributed by atoms with Gasteiger partial charge in [0.2, 0.25) is 0 Å². The first-order chi connectivity index (χ1) is 14.2. The molecular weight excluding hydrogens is 388 g/mol. The maximum Gasteiger partial charge on any atom is 0.252 e. The molecule has 146 valence electrons. The number of aromatic nitrogens is 3. The molecule has 4 aromatic rings. The lowest BCUT2D eigenvalue weighted by molar-refractivity contribution is 0.0946. The number of hydrogen-bond acceptors (Lipinski definition) is 4. The average molecular weight is 407 g/mol. The van der Waals surface area contributed by atoms with Crippen molar-refractivity contribution in [2.45, 2.75) is 6.54 Å². The predicted octanol–water partition coefficient (Wildman–Crippen LogP) is 3.52. The number of benzene rings is 2. The van der Waals surface area contributed by atoms with Gasteiger partial charge in [-0.1, -0.05) is 54.1 Å². The highest BCUT2D eigenvalue weighted by atomic mass is 35.5. The molecule has 4 rings (SSSR count). The molecule has 2 N–H and O–H groups in total. The van der Waals surface area contributed by atoms with Crippen LogP contribution in [0.1, 0.15) is 15.9 Å². The summed E-state index contributed by atoms with van der Waals surface area (Å²) < 4.78 is 1.77. The monoisotopic (exact) mass is 406 g/mol.